The summed E-state index contributed by atoms with van der Waals surface area (Å²) in [5, 5.41) is 8.98. The van der Waals surface area contributed by atoms with Crippen molar-refractivity contribution in [2.24, 2.45) is 0 Å². The zero-order valence-corrected chi connectivity index (χ0v) is 10.2. The van der Waals surface area contributed by atoms with Crippen LogP contribution in [-0.4, -0.2) is 28.2 Å². The van der Waals surface area contributed by atoms with Crippen LogP contribution in [0.3, 0.4) is 0 Å². The summed E-state index contributed by atoms with van der Waals surface area (Å²) >= 11 is 0. The maximum absolute atomic E-state index is 11.0. The second kappa shape index (κ2) is 5.81. The van der Waals surface area contributed by atoms with Gasteiger partial charge in [-0.1, -0.05) is 0 Å². The topological polar surface area (TPSA) is 81.5 Å². The van der Waals surface area contributed by atoms with Crippen molar-refractivity contribution in [3.63, 3.8) is 0 Å². The molecule has 0 amide bonds. The first kappa shape index (κ1) is 12.8. The van der Waals surface area contributed by atoms with E-state index < -0.39 is 5.97 Å². The molecular weight excluding hydrogens is 248 g/mol. The lowest BCUT2D eigenvalue weighted by Crippen LogP contribution is -2.08. The molecule has 6 nitrogen and oxygen atoms in total. The molecule has 19 heavy (non-hydrogen) atoms. The molecule has 0 saturated heterocycles. The highest BCUT2D eigenvalue weighted by atomic mass is 16.5. The summed E-state index contributed by atoms with van der Waals surface area (Å²) in [5.74, 6) is 0.255. The number of hydrogen-bond acceptors (Lipinski definition) is 5. The maximum Gasteiger partial charge on any atom is 0.339 e. The van der Waals surface area contributed by atoms with Crippen LogP contribution >= 0.6 is 0 Å². The van der Waals surface area contributed by atoms with E-state index in [2.05, 4.69) is 9.97 Å². The lowest BCUT2D eigenvalue weighted by Gasteiger charge is -2.08. The van der Waals surface area contributed by atoms with Crippen molar-refractivity contribution in [1.29, 1.82) is 0 Å². The van der Waals surface area contributed by atoms with Crippen LogP contribution in [0.2, 0.25) is 0 Å². The molecular formula is C13H12N2O4. The van der Waals surface area contributed by atoms with Crippen LogP contribution in [0.15, 0.2) is 36.8 Å². The highest BCUT2D eigenvalue weighted by Crippen LogP contribution is 2.18. The summed E-state index contributed by atoms with van der Waals surface area (Å²) in [6.07, 6.45) is 2.54. The van der Waals surface area contributed by atoms with Gasteiger partial charge in [0.25, 0.3) is 0 Å². The molecule has 0 saturated carbocycles. The Labute approximate surface area is 109 Å². The van der Waals surface area contributed by atoms with Gasteiger partial charge in [-0.15, -0.1) is 0 Å². The van der Waals surface area contributed by atoms with Crippen molar-refractivity contribution in [3.8, 4) is 11.5 Å². The summed E-state index contributed by atoms with van der Waals surface area (Å²) in [6.45, 7) is 0.0660. The number of aromatic nitrogens is 2. The van der Waals surface area contributed by atoms with Crippen molar-refractivity contribution < 1.29 is 19.4 Å². The Morgan fingerprint density at radius 1 is 1.26 bits per heavy atom. The molecule has 0 aliphatic rings. The Hall–Kier alpha value is -2.63. The van der Waals surface area contributed by atoms with Gasteiger partial charge in [0.05, 0.1) is 12.8 Å². The number of carboxylic acids is 1. The Balaban J connectivity index is 2.07. The van der Waals surface area contributed by atoms with E-state index in [1.807, 2.05) is 0 Å². The second-order valence-corrected chi connectivity index (χ2v) is 3.65. The van der Waals surface area contributed by atoms with Gasteiger partial charge in [0, 0.05) is 6.20 Å². The molecule has 6 heteroatoms. The third-order valence-electron chi connectivity index (χ3n) is 2.46. The Kier molecular flexibility index (Phi) is 3.92. The molecule has 1 aromatic heterocycles. The lowest BCUT2D eigenvalue weighted by atomic mass is 10.2. The zero-order valence-electron chi connectivity index (χ0n) is 10.2. The van der Waals surface area contributed by atoms with Crippen LogP contribution in [0.5, 0.6) is 11.5 Å². The molecule has 0 spiro atoms. The number of hydrogen-bond donors (Lipinski definition) is 1. The standard InChI is InChI=1S/C13H12N2O4/c1-18-9-2-4-10(5-3-9)19-7-12-11(13(16)17)6-14-8-15-12/h2-6,8H,7H2,1H3,(H,16,17). The summed E-state index contributed by atoms with van der Waals surface area (Å²) in [7, 11) is 1.58. The van der Waals surface area contributed by atoms with Gasteiger partial charge in [0.15, 0.2) is 0 Å². The van der Waals surface area contributed by atoms with Crippen LogP contribution in [0.25, 0.3) is 0 Å². The van der Waals surface area contributed by atoms with E-state index in [9.17, 15) is 4.79 Å². The third-order valence-corrected chi connectivity index (χ3v) is 2.46. The van der Waals surface area contributed by atoms with Crippen LogP contribution in [0, 0.1) is 0 Å². The highest BCUT2D eigenvalue weighted by molar-refractivity contribution is 5.88. The van der Waals surface area contributed by atoms with Crippen LogP contribution in [0.1, 0.15) is 16.1 Å². The highest BCUT2D eigenvalue weighted by Gasteiger charge is 2.11. The van der Waals surface area contributed by atoms with Crippen molar-refractivity contribution in [2.75, 3.05) is 7.11 Å². The van der Waals surface area contributed by atoms with E-state index in [1.165, 1.54) is 12.5 Å². The molecule has 98 valence electrons. The van der Waals surface area contributed by atoms with E-state index >= 15 is 0 Å². The van der Waals surface area contributed by atoms with Crippen LogP contribution in [-0.2, 0) is 6.61 Å². The number of aromatic carboxylic acids is 1. The Bertz CT molecular complexity index is 569. The predicted octanol–water partition coefficient (Wildman–Crippen LogP) is 1.76. The normalized spacial score (nSPS) is 9.95. The molecule has 0 aliphatic carbocycles. The van der Waals surface area contributed by atoms with Crippen LogP contribution in [0.4, 0.5) is 0 Å². The Morgan fingerprint density at radius 3 is 2.58 bits per heavy atom. The van der Waals surface area contributed by atoms with E-state index in [-0.39, 0.29) is 12.2 Å². The minimum Gasteiger partial charge on any atom is -0.497 e. The SMILES string of the molecule is COc1ccc(OCc2ncncc2C(=O)O)cc1. The van der Waals surface area contributed by atoms with Crippen LogP contribution < -0.4 is 9.47 Å². The molecule has 2 rings (SSSR count). The third kappa shape index (κ3) is 3.19. The molecule has 2 aromatic rings. The van der Waals surface area contributed by atoms with E-state index in [0.29, 0.717) is 11.4 Å². The average Bonchev–Trinajstić information content (AvgIpc) is 2.46. The van der Waals surface area contributed by atoms with E-state index in [4.69, 9.17) is 14.6 Å². The fraction of sp³-hybridized carbons (Fsp3) is 0.154. The van der Waals surface area contributed by atoms with Gasteiger partial charge < -0.3 is 14.6 Å². The molecule has 0 aliphatic heterocycles. The number of ether oxygens (including phenoxy) is 2. The van der Waals surface area contributed by atoms with Gasteiger partial charge in [0.2, 0.25) is 0 Å². The average molecular weight is 260 g/mol. The van der Waals surface area contributed by atoms with Gasteiger partial charge in [-0.25, -0.2) is 14.8 Å². The summed E-state index contributed by atoms with van der Waals surface area (Å²) in [5.41, 5.74) is 0.370. The number of nitrogens with zero attached hydrogens (tertiary/aromatic N) is 2. The van der Waals surface area contributed by atoms with Gasteiger partial charge in [0.1, 0.15) is 30.0 Å². The second-order valence-electron chi connectivity index (χ2n) is 3.65. The lowest BCUT2D eigenvalue weighted by molar-refractivity contribution is 0.0692. The molecule has 0 atom stereocenters. The number of benzene rings is 1. The zero-order chi connectivity index (χ0) is 13.7. The number of rotatable bonds is 5. The minimum absolute atomic E-state index is 0.0380. The molecule has 1 N–H and O–H groups in total. The summed E-state index contributed by atoms with van der Waals surface area (Å²) < 4.78 is 10.5. The number of methoxy groups -OCH3 is 1. The molecule has 1 heterocycles. The van der Waals surface area contributed by atoms with Crippen molar-refractivity contribution in [3.05, 3.63) is 48.0 Å². The van der Waals surface area contributed by atoms with Gasteiger partial charge in [-0.05, 0) is 24.3 Å². The molecule has 0 bridgehead atoms. The van der Waals surface area contributed by atoms with E-state index in [1.54, 1.807) is 31.4 Å². The summed E-state index contributed by atoms with van der Waals surface area (Å²) in [6, 6.07) is 6.99. The number of carbonyl (C=O) groups is 1. The van der Waals surface area contributed by atoms with Crippen molar-refractivity contribution in [2.45, 2.75) is 6.61 Å². The first-order valence-corrected chi connectivity index (χ1v) is 5.49. The first-order valence-electron chi connectivity index (χ1n) is 5.49. The minimum atomic E-state index is -1.08. The van der Waals surface area contributed by atoms with Gasteiger partial charge in [-0.2, -0.15) is 0 Å². The van der Waals surface area contributed by atoms with Crippen molar-refractivity contribution in [1.82, 2.24) is 9.97 Å². The van der Waals surface area contributed by atoms with Gasteiger partial charge in [-0.3, -0.25) is 0 Å². The monoisotopic (exact) mass is 260 g/mol. The fourth-order valence-corrected chi connectivity index (χ4v) is 1.47. The predicted molar refractivity (Wildman–Crippen MR) is 66.3 cm³/mol. The molecule has 0 unspecified atom stereocenters. The maximum atomic E-state index is 11.0. The molecule has 1 aromatic carbocycles. The molecule has 0 radical (unpaired) electrons. The van der Waals surface area contributed by atoms with E-state index in [0.717, 1.165) is 5.75 Å². The van der Waals surface area contributed by atoms with Gasteiger partial charge >= 0.3 is 5.97 Å². The largest absolute Gasteiger partial charge is 0.497 e. The Morgan fingerprint density at radius 2 is 1.95 bits per heavy atom. The number of carboxylic acid groups (broad SMARTS) is 1. The van der Waals surface area contributed by atoms with Crippen molar-refractivity contribution >= 4 is 5.97 Å². The fourth-order valence-electron chi connectivity index (χ4n) is 1.47. The molecule has 0 fully saturated rings. The quantitative estimate of drug-likeness (QED) is 0.882. The first-order chi connectivity index (χ1) is 9.20. The summed E-state index contributed by atoms with van der Waals surface area (Å²) in [4.78, 5) is 18.6. The smallest absolute Gasteiger partial charge is 0.339 e.